The molecule has 36 heavy (non-hydrogen) atoms. The quantitative estimate of drug-likeness (QED) is 0.440. The Bertz CT molecular complexity index is 979. The molecule has 1 heterocycles. The van der Waals surface area contributed by atoms with Crippen molar-refractivity contribution in [2.45, 2.75) is 25.9 Å². The first kappa shape index (κ1) is 28.6. The van der Waals surface area contributed by atoms with Gasteiger partial charge in [-0.15, -0.1) is 0 Å². The minimum atomic E-state index is -1.82. The molecule has 0 saturated carbocycles. The number of aliphatic hydroxyl groups is 1. The number of rotatable bonds is 9. The second-order valence-electron chi connectivity index (χ2n) is 8.28. The van der Waals surface area contributed by atoms with Crippen LogP contribution in [0.15, 0.2) is 48.5 Å². The zero-order valence-corrected chi connectivity index (χ0v) is 20.6. The molecular formula is C26H34N2O8. The largest absolute Gasteiger partial charge is 0.493 e. The highest BCUT2D eigenvalue weighted by Crippen LogP contribution is 2.32. The summed E-state index contributed by atoms with van der Waals surface area (Å²) in [7, 11) is 3.31. The van der Waals surface area contributed by atoms with Crippen molar-refractivity contribution in [1.82, 2.24) is 9.80 Å². The predicted octanol–water partition coefficient (Wildman–Crippen LogP) is 2.09. The van der Waals surface area contributed by atoms with E-state index in [1.165, 1.54) is 0 Å². The molecule has 0 spiro atoms. The number of ether oxygens (including phenoxy) is 2. The van der Waals surface area contributed by atoms with Crippen LogP contribution >= 0.6 is 0 Å². The number of carboxylic acids is 2. The number of methoxy groups -OCH3 is 2. The third kappa shape index (κ3) is 8.54. The number of aliphatic carboxylic acids is 2. The lowest BCUT2D eigenvalue weighted by Crippen LogP contribution is -2.43. The second kappa shape index (κ2) is 14.7. The Morgan fingerprint density at radius 2 is 1.58 bits per heavy atom. The first-order valence-corrected chi connectivity index (χ1v) is 11.6. The van der Waals surface area contributed by atoms with Crippen LogP contribution in [0.2, 0.25) is 0 Å². The lowest BCUT2D eigenvalue weighted by atomic mass is 9.94. The van der Waals surface area contributed by atoms with Gasteiger partial charge in [-0.2, -0.15) is 0 Å². The zero-order valence-electron chi connectivity index (χ0n) is 20.6. The van der Waals surface area contributed by atoms with E-state index in [4.69, 9.17) is 29.3 Å². The summed E-state index contributed by atoms with van der Waals surface area (Å²) in [5.41, 5.74) is 2.18. The first-order chi connectivity index (χ1) is 17.3. The molecule has 1 saturated heterocycles. The monoisotopic (exact) mass is 502 g/mol. The van der Waals surface area contributed by atoms with Crippen molar-refractivity contribution < 1.29 is 39.2 Å². The van der Waals surface area contributed by atoms with Crippen LogP contribution in [0.1, 0.15) is 24.0 Å². The normalized spacial score (nSPS) is 13.8. The predicted molar refractivity (Wildman–Crippen MR) is 132 cm³/mol. The molecule has 0 unspecified atom stereocenters. The lowest BCUT2D eigenvalue weighted by molar-refractivity contribution is -0.159. The number of benzene rings is 2. The van der Waals surface area contributed by atoms with Crippen LogP contribution in [-0.4, -0.2) is 83.4 Å². The van der Waals surface area contributed by atoms with Crippen molar-refractivity contribution in [2.24, 2.45) is 5.92 Å². The molecule has 2 aromatic carbocycles. The van der Waals surface area contributed by atoms with Gasteiger partial charge in [0.05, 0.1) is 20.8 Å². The smallest absolute Gasteiger partial charge is 0.414 e. The number of aliphatic hydroxyl groups excluding tert-OH is 1. The van der Waals surface area contributed by atoms with Gasteiger partial charge < -0.3 is 29.7 Å². The molecule has 0 aromatic heterocycles. The molecule has 196 valence electrons. The van der Waals surface area contributed by atoms with Crippen molar-refractivity contribution in [2.75, 3.05) is 40.5 Å². The summed E-state index contributed by atoms with van der Waals surface area (Å²) >= 11 is 0. The molecule has 10 nitrogen and oxygen atoms in total. The molecule has 0 bridgehead atoms. The van der Waals surface area contributed by atoms with Crippen molar-refractivity contribution in [1.29, 1.82) is 0 Å². The van der Waals surface area contributed by atoms with Gasteiger partial charge >= 0.3 is 11.9 Å². The molecule has 0 aliphatic carbocycles. The highest BCUT2D eigenvalue weighted by Gasteiger charge is 2.29. The third-order valence-corrected chi connectivity index (χ3v) is 5.90. The van der Waals surface area contributed by atoms with Crippen LogP contribution in [0.3, 0.4) is 0 Å². The van der Waals surface area contributed by atoms with Crippen molar-refractivity contribution in [3.05, 3.63) is 59.7 Å². The van der Waals surface area contributed by atoms with Gasteiger partial charge in [-0.1, -0.05) is 42.5 Å². The van der Waals surface area contributed by atoms with Gasteiger partial charge in [0, 0.05) is 31.1 Å². The topological polar surface area (TPSA) is 137 Å². The summed E-state index contributed by atoms with van der Waals surface area (Å²) in [4.78, 5) is 35.4. The van der Waals surface area contributed by atoms with Crippen molar-refractivity contribution in [3.63, 3.8) is 0 Å². The number of para-hydroxylation sites is 1. The van der Waals surface area contributed by atoms with Crippen LogP contribution in [0.4, 0.5) is 0 Å². The molecule has 0 atom stereocenters. The molecule has 1 fully saturated rings. The van der Waals surface area contributed by atoms with Crippen LogP contribution < -0.4 is 9.47 Å². The highest BCUT2D eigenvalue weighted by atomic mass is 16.5. The molecule has 10 heteroatoms. The molecular weight excluding hydrogens is 468 g/mol. The number of nitrogens with zero attached hydrogens (tertiary/aromatic N) is 2. The lowest BCUT2D eigenvalue weighted by Gasteiger charge is -2.34. The molecule has 1 amide bonds. The van der Waals surface area contributed by atoms with E-state index in [0.29, 0.717) is 13.1 Å². The summed E-state index contributed by atoms with van der Waals surface area (Å²) < 4.78 is 10.9. The minimum Gasteiger partial charge on any atom is -0.493 e. The summed E-state index contributed by atoms with van der Waals surface area (Å²) in [5, 5.41) is 24.2. The van der Waals surface area contributed by atoms with Crippen LogP contribution in [0.5, 0.6) is 11.5 Å². The van der Waals surface area contributed by atoms with Gasteiger partial charge in [0.2, 0.25) is 5.91 Å². The van der Waals surface area contributed by atoms with Gasteiger partial charge in [-0.05, 0) is 37.6 Å². The molecule has 1 aliphatic heterocycles. The first-order valence-electron chi connectivity index (χ1n) is 11.6. The third-order valence-electron chi connectivity index (χ3n) is 5.90. The molecule has 2 aromatic rings. The molecule has 3 N–H and O–H groups in total. The Hall–Kier alpha value is -3.63. The number of carboxylic acid groups (broad SMARTS) is 2. The Labute approximate surface area is 210 Å². The SMILES string of the molecule is COc1cccc(CN2CCC(C(=O)N(CCO)Cc3ccccc3)CC2)c1OC.O=C(O)C(=O)O. The van der Waals surface area contributed by atoms with Crippen molar-refractivity contribution >= 4 is 17.8 Å². The van der Waals surface area contributed by atoms with Gasteiger partial charge in [-0.3, -0.25) is 9.69 Å². The fraction of sp³-hybridized carbons (Fsp3) is 0.423. The zero-order chi connectivity index (χ0) is 26.5. The second-order valence-corrected chi connectivity index (χ2v) is 8.28. The Morgan fingerprint density at radius 3 is 2.11 bits per heavy atom. The van der Waals surface area contributed by atoms with Crippen LogP contribution in [0.25, 0.3) is 0 Å². The van der Waals surface area contributed by atoms with E-state index in [0.717, 1.165) is 55.1 Å². The number of hydrogen-bond acceptors (Lipinski definition) is 7. The van der Waals surface area contributed by atoms with E-state index >= 15 is 0 Å². The van der Waals surface area contributed by atoms with Gasteiger partial charge in [-0.25, -0.2) is 9.59 Å². The number of amides is 1. The number of carbonyl (C=O) groups excluding carboxylic acids is 1. The molecule has 0 radical (unpaired) electrons. The van der Waals surface area contributed by atoms with E-state index in [2.05, 4.69) is 11.0 Å². The maximum atomic E-state index is 13.1. The number of likely N-dealkylation sites (tertiary alicyclic amines) is 1. The number of carbonyl (C=O) groups is 3. The van der Waals surface area contributed by atoms with Crippen LogP contribution in [-0.2, 0) is 27.5 Å². The molecule has 3 rings (SSSR count). The fourth-order valence-corrected chi connectivity index (χ4v) is 4.11. The van der Waals surface area contributed by atoms with Gasteiger partial charge in [0.1, 0.15) is 0 Å². The Balaban J connectivity index is 0.000000678. The Kier molecular flexibility index (Phi) is 11.7. The van der Waals surface area contributed by atoms with E-state index < -0.39 is 11.9 Å². The van der Waals surface area contributed by atoms with E-state index in [9.17, 15) is 9.90 Å². The maximum Gasteiger partial charge on any atom is 0.414 e. The average Bonchev–Trinajstić information content (AvgIpc) is 2.89. The van der Waals surface area contributed by atoms with E-state index in [1.807, 2.05) is 42.5 Å². The number of hydrogen-bond donors (Lipinski definition) is 3. The van der Waals surface area contributed by atoms with E-state index in [-0.39, 0.29) is 18.4 Å². The minimum absolute atomic E-state index is 0.00344. The Morgan fingerprint density at radius 1 is 0.944 bits per heavy atom. The molecule has 1 aliphatic rings. The summed E-state index contributed by atoms with van der Waals surface area (Å²) in [5.74, 6) is -1.99. The average molecular weight is 503 g/mol. The van der Waals surface area contributed by atoms with Crippen molar-refractivity contribution in [3.8, 4) is 11.5 Å². The summed E-state index contributed by atoms with van der Waals surface area (Å²) in [6.07, 6.45) is 1.64. The summed E-state index contributed by atoms with van der Waals surface area (Å²) in [6.45, 7) is 3.37. The number of piperidine rings is 1. The highest BCUT2D eigenvalue weighted by molar-refractivity contribution is 6.27. The summed E-state index contributed by atoms with van der Waals surface area (Å²) in [6, 6.07) is 15.9. The van der Waals surface area contributed by atoms with Gasteiger partial charge in [0.15, 0.2) is 11.5 Å². The van der Waals surface area contributed by atoms with Gasteiger partial charge in [0.25, 0.3) is 0 Å². The standard InChI is InChI=1S/C24H32N2O4.C2H2O4/c1-29-22-10-6-9-21(23(22)30-2)18-25-13-11-20(12-14-25)24(28)26(15-16-27)17-19-7-4-3-5-8-19;3-1(4)2(5)6/h3-10,20,27H,11-18H2,1-2H3;(H,3,4)(H,5,6). The maximum absolute atomic E-state index is 13.1. The van der Waals surface area contributed by atoms with E-state index in [1.54, 1.807) is 19.1 Å². The fourth-order valence-electron chi connectivity index (χ4n) is 4.11. The van der Waals surface area contributed by atoms with Crippen LogP contribution in [0, 0.1) is 5.92 Å².